The first-order valence-corrected chi connectivity index (χ1v) is 8.81. The van der Waals surface area contributed by atoms with E-state index in [0.29, 0.717) is 17.0 Å². The predicted molar refractivity (Wildman–Crippen MR) is 96.8 cm³/mol. The molecule has 0 bridgehead atoms. The maximum atomic E-state index is 12.4. The van der Waals surface area contributed by atoms with Crippen molar-refractivity contribution in [2.75, 3.05) is 38.3 Å². The number of nitriles is 1. The summed E-state index contributed by atoms with van der Waals surface area (Å²) in [7, 11) is 1.53. The molecule has 0 amide bonds. The molecule has 7 heteroatoms. The molecular formula is C19H22N4O3. The Morgan fingerprint density at radius 1 is 1.19 bits per heavy atom. The second-order valence-electron chi connectivity index (χ2n) is 6.19. The van der Waals surface area contributed by atoms with E-state index >= 15 is 0 Å². The van der Waals surface area contributed by atoms with Crippen LogP contribution in [-0.4, -0.2) is 49.4 Å². The van der Waals surface area contributed by atoms with Gasteiger partial charge in [-0.2, -0.15) is 5.26 Å². The van der Waals surface area contributed by atoms with Crippen LogP contribution in [0.2, 0.25) is 0 Å². The summed E-state index contributed by atoms with van der Waals surface area (Å²) in [5.41, 5.74) is 1.78. The highest BCUT2D eigenvalue weighted by Gasteiger charge is 2.30. The van der Waals surface area contributed by atoms with Gasteiger partial charge in [0.2, 0.25) is 0 Å². The molecule has 0 saturated carbocycles. The minimum Gasteiger partial charge on any atom is -0.462 e. The van der Waals surface area contributed by atoms with Gasteiger partial charge in [0, 0.05) is 20.2 Å². The Bertz CT molecular complexity index is 812. The fourth-order valence-corrected chi connectivity index (χ4v) is 3.07. The van der Waals surface area contributed by atoms with E-state index in [9.17, 15) is 10.1 Å². The lowest BCUT2D eigenvalue weighted by Crippen LogP contribution is -2.32. The summed E-state index contributed by atoms with van der Waals surface area (Å²) >= 11 is 0. The molecule has 1 atom stereocenters. The Morgan fingerprint density at radius 2 is 1.88 bits per heavy atom. The molecule has 1 aromatic heterocycles. The monoisotopic (exact) mass is 354 g/mol. The van der Waals surface area contributed by atoms with E-state index in [0.717, 1.165) is 31.4 Å². The van der Waals surface area contributed by atoms with Crippen LogP contribution in [0, 0.1) is 11.3 Å². The topological polar surface area (TPSA) is 88.3 Å². The van der Waals surface area contributed by atoms with E-state index < -0.39 is 11.9 Å². The number of esters is 1. The number of aromatic nitrogens is 2. The summed E-state index contributed by atoms with van der Waals surface area (Å²) < 4.78 is 10.1. The maximum absolute atomic E-state index is 12.4. The number of anilines is 1. The molecule has 2 heterocycles. The van der Waals surface area contributed by atoms with E-state index in [4.69, 9.17) is 14.5 Å². The van der Waals surface area contributed by atoms with Crippen molar-refractivity contribution in [2.45, 2.75) is 25.2 Å². The lowest BCUT2D eigenvalue weighted by molar-refractivity contribution is -0.145. The van der Waals surface area contributed by atoms with Crippen molar-refractivity contribution in [2.24, 2.45) is 0 Å². The van der Waals surface area contributed by atoms with Crippen LogP contribution in [-0.2, 0) is 14.3 Å². The molecule has 0 spiro atoms. The largest absolute Gasteiger partial charge is 0.462 e. The van der Waals surface area contributed by atoms with Gasteiger partial charge in [-0.25, -0.2) is 9.97 Å². The Labute approximate surface area is 152 Å². The van der Waals surface area contributed by atoms with Crippen molar-refractivity contribution < 1.29 is 14.3 Å². The van der Waals surface area contributed by atoms with E-state index in [1.54, 1.807) is 0 Å². The van der Waals surface area contributed by atoms with Crippen molar-refractivity contribution in [1.82, 2.24) is 9.97 Å². The smallest absolute Gasteiger partial charge is 0.329 e. The fraction of sp³-hybridized carbons (Fsp3) is 0.474. The summed E-state index contributed by atoms with van der Waals surface area (Å²) in [5, 5.41) is 9.63. The zero-order valence-electron chi connectivity index (χ0n) is 14.9. The molecule has 1 aromatic carbocycles. The van der Waals surface area contributed by atoms with Gasteiger partial charge in [-0.05, 0) is 31.4 Å². The highest BCUT2D eigenvalue weighted by molar-refractivity contribution is 5.85. The fourth-order valence-electron chi connectivity index (χ4n) is 3.07. The Morgan fingerprint density at radius 3 is 2.54 bits per heavy atom. The molecule has 7 nitrogen and oxygen atoms in total. The van der Waals surface area contributed by atoms with Gasteiger partial charge in [-0.1, -0.05) is 12.1 Å². The Hall–Kier alpha value is -2.72. The van der Waals surface area contributed by atoms with Crippen LogP contribution in [0.1, 0.15) is 30.9 Å². The number of rotatable bonds is 6. The van der Waals surface area contributed by atoms with E-state index in [1.807, 2.05) is 30.3 Å². The molecule has 0 aliphatic carbocycles. The lowest BCUT2D eigenvalue weighted by atomic mass is 10.0. The second kappa shape index (κ2) is 8.59. The number of benzene rings is 1. The summed E-state index contributed by atoms with van der Waals surface area (Å²) in [6, 6.07) is 9.52. The predicted octanol–water partition coefficient (Wildman–Crippen LogP) is 2.42. The SMILES string of the molecule is COCCOC(=O)[C@@H](C#N)c1nc2ccccc2nc1N1CCCCC1. The zero-order chi connectivity index (χ0) is 18.4. The molecule has 26 heavy (non-hydrogen) atoms. The molecule has 136 valence electrons. The molecule has 0 radical (unpaired) electrons. The zero-order valence-corrected chi connectivity index (χ0v) is 14.9. The van der Waals surface area contributed by atoms with Crippen molar-refractivity contribution in [3.63, 3.8) is 0 Å². The Kier molecular flexibility index (Phi) is 5.97. The number of carbonyl (C=O) groups is 1. The standard InChI is InChI=1S/C19H22N4O3/c1-25-11-12-26-19(24)14(13-20)17-18(23-9-5-2-6-10-23)22-16-8-4-3-7-15(16)21-17/h3-4,7-8,14H,2,5-6,9-12H2,1H3/t14-/m0/s1. The first-order valence-electron chi connectivity index (χ1n) is 8.81. The van der Waals surface area contributed by atoms with Gasteiger partial charge < -0.3 is 14.4 Å². The average molecular weight is 354 g/mol. The summed E-state index contributed by atoms with van der Waals surface area (Å²) in [6.07, 6.45) is 3.29. The number of nitrogens with zero attached hydrogens (tertiary/aromatic N) is 4. The minimum absolute atomic E-state index is 0.105. The number of hydrogen-bond acceptors (Lipinski definition) is 7. The summed E-state index contributed by atoms with van der Waals surface area (Å²) in [4.78, 5) is 23.9. The van der Waals surface area contributed by atoms with Crippen molar-refractivity contribution >= 4 is 22.8 Å². The van der Waals surface area contributed by atoms with E-state index in [1.165, 1.54) is 13.5 Å². The highest BCUT2D eigenvalue weighted by atomic mass is 16.6. The molecule has 2 aromatic rings. The molecule has 0 N–H and O–H groups in total. The molecular weight excluding hydrogens is 332 g/mol. The molecule has 1 aliphatic heterocycles. The number of piperidine rings is 1. The van der Waals surface area contributed by atoms with Gasteiger partial charge >= 0.3 is 5.97 Å². The van der Waals surface area contributed by atoms with Gasteiger partial charge in [0.25, 0.3) is 0 Å². The average Bonchev–Trinajstić information content (AvgIpc) is 2.69. The quantitative estimate of drug-likeness (QED) is 0.581. The number of methoxy groups -OCH3 is 1. The first kappa shape index (κ1) is 18.1. The minimum atomic E-state index is -1.11. The third-order valence-electron chi connectivity index (χ3n) is 4.40. The molecule has 1 aliphatic rings. The number of fused-ring (bicyclic) bond motifs is 1. The third kappa shape index (κ3) is 3.92. The third-order valence-corrected chi connectivity index (χ3v) is 4.40. The van der Waals surface area contributed by atoms with Crippen molar-refractivity contribution in [3.8, 4) is 6.07 Å². The van der Waals surface area contributed by atoms with Gasteiger partial charge in [-0.3, -0.25) is 4.79 Å². The normalized spacial score (nSPS) is 15.5. The number of para-hydroxylation sites is 2. The molecule has 1 fully saturated rings. The molecule has 3 rings (SSSR count). The van der Waals surface area contributed by atoms with Gasteiger partial charge in [0.1, 0.15) is 12.3 Å². The van der Waals surface area contributed by atoms with Crippen LogP contribution in [0.5, 0.6) is 0 Å². The van der Waals surface area contributed by atoms with Gasteiger partial charge in [0.05, 0.1) is 23.7 Å². The van der Waals surface area contributed by atoms with Crippen LogP contribution in [0.25, 0.3) is 11.0 Å². The van der Waals surface area contributed by atoms with Crippen LogP contribution >= 0.6 is 0 Å². The van der Waals surface area contributed by atoms with Gasteiger partial charge in [0.15, 0.2) is 11.7 Å². The highest BCUT2D eigenvalue weighted by Crippen LogP contribution is 2.29. The number of ether oxygens (including phenoxy) is 2. The van der Waals surface area contributed by atoms with Crippen LogP contribution in [0.4, 0.5) is 5.82 Å². The lowest BCUT2D eigenvalue weighted by Gasteiger charge is -2.29. The van der Waals surface area contributed by atoms with Crippen LogP contribution in [0.15, 0.2) is 24.3 Å². The van der Waals surface area contributed by atoms with Crippen molar-refractivity contribution in [3.05, 3.63) is 30.0 Å². The number of hydrogen-bond donors (Lipinski definition) is 0. The maximum Gasteiger partial charge on any atom is 0.329 e. The summed E-state index contributed by atoms with van der Waals surface area (Å²) in [5.74, 6) is -1.12. The Balaban J connectivity index is 2.00. The number of carbonyl (C=O) groups excluding carboxylic acids is 1. The molecule has 1 saturated heterocycles. The summed E-state index contributed by atoms with van der Waals surface area (Å²) in [6.45, 7) is 2.08. The van der Waals surface area contributed by atoms with E-state index in [-0.39, 0.29) is 13.2 Å². The van der Waals surface area contributed by atoms with Crippen LogP contribution in [0.3, 0.4) is 0 Å². The van der Waals surface area contributed by atoms with Gasteiger partial charge in [-0.15, -0.1) is 0 Å². The van der Waals surface area contributed by atoms with E-state index in [2.05, 4.69) is 9.88 Å². The van der Waals surface area contributed by atoms with Crippen molar-refractivity contribution in [1.29, 1.82) is 5.26 Å². The second-order valence-corrected chi connectivity index (χ2v) is 6.19. The first-order chi connectivity index (χ1) is 12.7. The van der Waals surface area contributed by atoms with Crippen LogP contribution < -0.4 is 4.90 Å². The molecule has 0 unspecified atom stereocenters.